The molecule has 9 heteroatoms. The van der Waals surface area contributed by atoms with E-state index in [0.717, 1.165) is 58.3 Å². The van der Waals surface area contributed by atoms with Crippen LogP contribution in [0, 0.1) is 52.3 Å². The zero-order valence-electron chi connectivity index (χ0n) is 27.9. The van der Waals surface area contributed by atoms with Crippen LogP contribution in [0.1, 0.15) is 118 Å². The smallest absolute Gasteiger partial charge is 0.393 e. The largest absolute Gasteiger partial charge is 0.397 e. The minimum atomic E-state index is -4.45. The van der Waals surface area contributed by atoms with E-state index >= 15 is 0 Å². The molecule has 4 aliphatic carbocycles. The Morgan fingerprint density at radius 3 is 2.30 bits per heavy atom. The van der Waals surface area contributed by atoms with E-state index in [-0.39, 0.29) is 17.4 Å². The Balaban J connectivity index is 1.32. The molecule has 0 radical (unpaired) electrons. The summed E-state index contributed by atoms with van der Waals surface area (Å²) in [6.45, 7) is 15.3. The van der Waals surface area contributed by atoms with Gasteiger partial charge in [-0.15, -0.1) is 0 Å². The topological polar surface area (TPSA) is 134 Å². The molecule has 0 aromatic rings. The number of nitrogens with two attached hydrogens (primary N) is 1. The second-order valence-electron chi connectivity index (χ2n) is 15.9. The van der Waals surface area contributed by atoms with Crippen molar-refractivity contribution in [3.63, 3.8) is 0 Å². The molecule has 6 N–H and O–H groups in total. The lowest BCUT2D eigenvalue weighted by Crippen LogP contribution is -2.59. The molecule has 0 aliphatic heterocycles. The van der Waals surface area contributed by atoms with Gasteiger partial charge in [0.2, 0.25) is 0 Å². The van der Waals surface area contributed by atoms with Crippen LogP contribution in [0.15, 0.2) is 0 Å². The number of aliphatic hydroxyl groups excluding tert-OH is 1. The van der Waals surface area contributed by atoms with Crippen LogP contribution in [0.4, 0.5) is 0 Å². The number of unbranched alkanes of at least 4 members (excludes halogenated alkanes) is 1. The second kappa shape index (κ2) is 15.1. The standard InChI is InChI=1S/C34H65N3O5S/c1-23(2)31(42-43(39,40)41)12-9-24(3)27-10-11-28-32-29(14-16-34(27,28)5)33(4)15-13-26(21-25(33)22-30(32)38)37-20-8-19-36-18-7-6-17-35/h23-32,36-38H,6-22,35H2,1-5H3,(H,39,40,41)/t24-,25?,26-,27+,28?,29?,30-,31?,32?,33-,34+/m0/s1. The molecule has 0 saturated heterocycles. The Labute approximate surface area is 263 Å². The lowest BCUT2D eigenvalue weighted by molar-refractivity contribution is -0.167. The maximum absolute atomic E-state index is 11.8. The highest BCUT2D eigenvalue weighted by Gasteiger charge is 2.62. The van der Waals surface area contributed by atoms with Gasteiger partial charge in [0, 0.05) is 6.04 Å². The van der Waals surface area contributed by atoms with Gasteiger partial charge in [0.15, 0.2) is 0 Å². The summed E-state index contributed by atoms with van der Waals surface area (Å²) in [6, 6.07) is 0.573. The summed E-state index contributed by atoms with van der Waals surface area (Å²) in [4.78, 5) is 0. The molecule has 0 amide bonds. The predicted octanol–water partition coefficient (Wildman–Crippen LogP) is 5.55. The van der Waals surface area contributed by atoms with Crippen LogP contribution in [0.2, 0.25) is 0 Å². The number of hydrogen-bond donors (Lipinski definition) is 5. The van der Waals surface area contributed by atoms with E-state index < -0.39 is 16.5 Å². The van der Waals surface area contributed by atoms with Crippen molar-refractivity contribution in [2.45, 2.75) is 136 Å². The fraction of sp³-hybridized carbons (Fsp3) is 1.00. The molecule has 5 unspecified atom stereocenters. The van der Waals surface area contributed by atoms with Crippen molar-refractivity contribution < 1.29 is 22.3 Å². The molecule has 4 rings (SSSR count). The highest BCUT2D eigenvalue weighted by atomic mass is 32.3. The van der Waals surface area contributed by atoms with Crippen LogP contribution in [0.5, 0.6) is 0 Å². The van der Waals surface area contributed by atoms with E-state index in [1.165, 1.54) is 44.9 Å². The van der Waals surface area contributed by atoms with E-state index in [4.69, 9.17) is 9.92 Å². The van der Waals surface area contributed by atoms with Gasteiger partial charge in [-0.2, -0.15) is 8.42 Å². The number of aliphatic hydroxyl groups is 1. The van der Waals surface area contributed by atoms with E-state index in [9.17, 15) is 18.1 Å². The molecule has 4 saturated carbocycles. The molecule has 4 fully saturated rings. The highest BCUT2D eigenvalue weighted by Crippen LogP contribution is 2.68. The molecule has 0 aromatic heterocycles. The van der Waals surface area contributed by atoms with Crippen molar-refractivity contribution in [3.05, 3.63) is 0 Å². The molecule has 8 nitrogen and oxygen atoms in total. The minimum absolute atomic E-state index is 0.0152. The fourth-order valence-corrected chi connectivity index (χ4v) is 11.3. The third-order valence-electron chi connectivity index (χ3n) is 13.1. The van der Waals surface area contributed by atoms with Crippen molar-refractivity contribution in [2.75, 3.05) is 26.2 Å². The Bertz CT molecular complexity index is 981. The second-order valence-corrected chi connectivity index (χ2v) is 17.0. The Morgan fingerprint density at radius 1 is 0.907 bits per heavy atom. The minimum Gasteiger partial charge on any atom is -0.393 e. The quantitative estimate of drug-likeness (QED) is 0.111. The highest BCUT2D eigenvalue weighted by molar-refractivity contribution is 7.80. The molecule has 0 bridgehead atoms. The Hall–Kier alpha value is -0.290. The summed E-state index contributed by atoms with van der Waals surface area (Å²) in [6.07, 6.45) is 13.7. The summed E-state index contributed by atoms with van der Waals surface area (Å²) in [5.41, 5.74) is 6.13. The molecular weight excluding hydrogens is 562 g/mol. The first-order chi connectivity index (χ1) is 20.3. The van der Waals surface area contributed by atoms with Crippen LogP contribution in [0.25, 0.3) is 0 Å². The fourth-order valence-electron chi connectivity index (χ4n) is 10.7. The SMILES string of the molecule is CC(C)C(CC[C@H](C)[C@H]1CCC2C3C(CC[C@@]21C)[C@@]1(C)CC[C@H](NCCCNCCCCN)CC1C[C@@H]3O)OS(=O)(=O)O. The van der Waals surface area contributed by atoms with Crippen molar-refractivity contribution in [3.8, 4) is 0 Å². The average molecular weight is 628 g/mol. The average Bonchev–Trinajstić information content (AvgIpc) is 3.29. The maximum atomic E-state index is 11.8. The number of hydrogen-bond acceptors (Lipinski definition) is 7. The lowest BCUT2D eigenvalue weighted by Gasteiger charge is -2.62. The zero-order valence-corrected chi connectivity index (χ0v) is 28.7. The van der Waals surface area contributed by atoms with Gasteiger partial charge in [-0.3, -0.25) is 4.55 Å². The van der Waals surface area contributed by atoms with Crippen molar-refractivity contribution >= 4 is 10.4 Å². The maximum Gasteiger partial charge on any atom is 0.397 e. The van der Waals surface area contributed by atoms with Crippen LogP contribution in [-0.2, 0) is 14.6 Å². The van der Waals surface area contributed by atoms with E-state index in [0.29, 0.717) is 53.4 Å². The molecule has 0 aromatic carbocycles. The number of nitrogens with one attached hydrogen (secondary N) is 2. The Kier molecular flexibility index (Phi) is 12.5. The van der Waals surface area contributed by atoms with Gasteiger partial charge >= 0.3 is 10.4 Å². The van der Waals surface area contributed by atoms with Crippen molar-refractivity contribution in [2.24, 2.45) is 58.0 Å². The monoisotopic (exact) mass is 627 g/mol. The summed E-state index contributed by atoms with van der Waals surface area (Å²) in [7, 11) is -4.45. The van der Waals surface area contributed by atoms with Crippen LogP contribution < -0.4 is 16.4 Å². The molecule has 0 spiro atoms. The molecular formula is C34H65N3O5S. The summed E-state index contributed by atoms with van der Waals surface area (Å²) in [5.74, 6) is 3.21. The van der Waals surface area contributed by atoms with Crippen molar-refractivity contribution in [1.29, 1.82) is 0 Å². The van der Waals surface area contributed by atoms with Gasteiger partial charge < -0.3 is 21.5 Å². The van der Waals surface area contributed by atoms with Gasteiger partial charge in [-0.05, 0) is 162 Å². The third-order valence-corrected chi connectivity index (χ3v) is 13.6. The van der Waals surface area contributed by atoms with Crippen LogP contribution in [-0.4, -0.2) is 62.5 Å². The molecule has 11 atom stereocenters. The van der Waals surface area contributed by atoms with Gasteiger partial charge in [0.25, 0.3) is 0 Å². The molecule has 43 heavy (non-hydrogen) atoms. The van der Waals surface area contributed by atoms with E-state index in [2.05, 4.69) is 31.4 Å². The Morgan fingerprint density at radius 2 is 1.60 bits per heavy atom. The molecule has 4 aliphatic rings. The predicted molar refractivity (Wildman–Crippen MR) is 174 cm³/mol. The van der Waals surface area contributed by atoms with Crippen LogP contribution in [0.3, 0.4) is 0 Å². The first kappa shape index (κ1) is 35.6. The normalized spacial score (nSPS) is 39.2. The van der Waals surface area contributed by atoms with Gasteiger partial charge in [-0.25, -0.2) is 4.18 Å². The zero-order chi connectivity index (χ0) is 31.4. The number of fused-ring (bicyclic) bond motifs is 5. The third kappa shape index (κ3) is 8.36. The summed E-state index contributed by atoms with van der Waals surface area (Å²) < 4.78 is 37.1. The summed E-state index contributed by atoms with van der Waals surface area (Å²) in [5, 5.41) is 19.2. The number of rotatable bonds is 16. The van der Waals surface area contributed by atoms with Gasteiger partial charge in [-0.1, -0.05) is 34.6 Å². The lowest BCUT2D eigenvalue weighted by atomic mass is 9.43. The first-order valence-electron chi connectivity index (χ1n) is 17.8. The first-order valence-corrected chi connectivity index (χ1v) is 19.1. The summed E-state index contributed by atoms with van der Waals surface area (Å²) >= 11 is 0. The van der Waals surface area contributed by atoms with Crippen LogP contribution >= 0.6 is 0 Å². The van der Waals surface area contributed by atoms with E-state index in [1.807, 2.05) is 13.8 Å². The van der Waals surface area contributed by atoms with E-state index in [1.54, 1.807) is 0 Å². The molecule has 0 heterocycles. The van der Waals surface area contributed by atoms with Gasteiger partial charge in [0.1, 0.15) is 0 Å². The van der Waals surface area contributed by atoms with Gasteiger partial charge in [0.05, 0.1) is 12.2 Å². The molecule has 252 valence electrons. The van der Waals surface area contributed by atoms with Crippen molar-refractivity contribution in [1.82, 2.24) is 10.6 Å².